The highest BCUT2D eigenvalue weighted by molar-refractivity contribution is 6.08. The van der Waals surface area contributed by atoms with E-state index in [9.17, 15) is 0 Å². The molecule has 0 saturated carbocycles. The first-order valence-electron chi connectivity index (χ1n) is 41.1. The Morgan fingerprint density at radius 3 is 0.444 bits per heavy atom. The third kappa shape index (κ3) is 17.0. The maximum absolute atomic E-state index is 6.85. The summed E-state index contributed by atoms with van der Waals surface area (Å²) in [6.07, 6.45) is 0. The number of aromatic amines is 2. The van der Waals surface area contributed by atoms with Gasteiger partial charge in [-0.25, -0.2) is 29.9 Å². The molecule has 21 rings (SSSR count). The number of hydrogen-bond acceptors (Lipinski definition) is 34. The van der Waals surface area contributed by atoms with Crippen molar-refractivity contribution in [2.75, 3.05) is 211 Å². The Morgan fingerprint density at radius 2 is 0.282 bits per heavy atom. The minimum atomic E-state index is 0.206. The van der Waals surface area contributed by atoms with E-state index in [-0.39, 0.29) is 129 Å². The molecule has 36 nitrogen and oxygen atoms in total. The molecular formula is C88H82N8O28. The van der Waals surface area contributed by atoms with E-state index in [2.05, 4.69) is 9.97 Å². The van der Waals surface area contributed by atoms with Gasteiger partial charge in [0.25, 0.3) is 0 Å². The number of nitrogens with one attached hydrogen (secondary N) is 2. The molecule has 0 fully saturated rings. The maximum atomic E-state index is 6.85. The van der Waals surface area contributed by atoms with Gasteiger partial charge in [-0.2, -0.15) is 0 Å². The molecule has 8 aromatic carbocycles. The van der Waals surface area contributed by atoms with Crippen LogP contribution in [-0.2, 0) is 56.8 Å². The Labute approximate surface area is 705 Å². The minimum absolute atomic E-state index is 0.206. The van der Waals surface area contributed by atoms with Crippen molar-refractivity contribution in [3.05, 3.63) is 97.1 Å². The van der Waals surface area contributed by atoms with Crippen molar-refractivity contribution < 1.29 is 133 Å². The molecule has 0 aliphatic carbocycles. The lowest BCUT2D eigenvalue weighted by atomic mass is 10.1. The number of benzene rings is 8. The summed E-state index contributed by atoms with van der Waals surface area (Å²) in [6, 6.07) is 28.4. The number of nitrogens with zero attached hydrogens (tertiary/aromatic N) is 6. The summed E-state index contributed by atoms with van der Waals surface area (Å²) in [5, 5.41) is 2.13. The predicted molar refractivity (Wildman–Crippen MR) is 436 cm³/mol. The zero-order valence-corrected chi connectivity index (χ0v) is 67.0. The number of aromatic nitrogens is 8. The Kier molecular flexibility index (Phi) is 22.9. The molecule has 10 aliphatic rings. The molecule has 13 heterocycles. The van der Waals surface area contributed by atoms with Gasteiger partial charge in [-0.3, -0.25) is 0 Å². The van der Waals surface area contributed by atoms with Gasteiger partial charge in [-0.15, -0.1) is 0 Å². The van der Waals surface area contributed by atoms with Crippen molar-refractivity contribution in [3.63, 3.8) is 0 Å². The maximum Gasteiger partial charge on any atom is 0.174 e. The van der Waals surface area contributed by atoms with Gasteiger partial charge >= 0.3 is 0 Å². The van der Waals surface area contributed by atoms with E-state index in [0.29, 0.717) is 310 Å². The fourth-order valence-electron chi connectivity index (χ4n) is 14.9. The van der Waals surface area contributed by atoms with Crippen LogP contribution in [0.4, 0.5) is 0 Å². The van der Waals surface area contributed by atoms with E-state index in [1.165, 1.54) is 0 Å². The van der Waals surface area contributed by atoms with E-state index in [1.54, 1.807) is 48.5 Å². The first kappa shape index (κ1) is 78.7. The highest BCUT2D eigenvalue weighted by atomic mass is 16.6. The Morgan fingerprint density at radius 1 is 0.145 bits per heavy atom. The van der Waals surface area contributed by atoms with Crippen LogP contribution in [0.25, 0.3) is 89.7 Å². The second kappa shape index (κ2) is 36.1. The summed E-state index contributed by atoms with van der Waals surface area (Å²) in [7, 11) is 0. The number of rotatable bonds is 0. The Hall–Kier alpha value is -12.6. The molecule has 124 heavy (non-hydrogen) atoms. The largest absolute Gasteiger partial charge is 0.487 e. The topological polar surface area (TPSA) is 367 Å². The molecule has 642 valence electrons. The van der Waals surface area contributed by atoms with Crippen LogP contribution in [0.15, 0.2) is 97.1 Å². The molecule has 0 spiro atoms. The summed E-state index contributed by atoms with van der Waals surface area (Å²) >= 11 is 0. The van der Waals surface area contributed by atoms with Crippen LogP contribution in [0.3, 0.4) is 0 Å². The summed E-state index contributed by atoms with van der Waals surface area (Å²) in [4.78, 5) is 39.8. The SMILES string of the molecule is c1c2c(cc3c1Oc1cc4c(cc1O3)-c1nc-4nc3[nH]c(nc4nc(nc5[nH]c(n1)c1cc6c(cc51)Oc1cc5c(cc1O6)OCCOCCOCCOCCO5)-c1cc5c(cc1-4)Oc1cc4c(cc1O5)OCCOCCOCCOCCO4)c1cc4c(cc31)Oc1cc3c(cc1O4)OCCOCCOCCOCCO3)OCCOCCOCCOCCO2. The number of fused-ring (bicyclic) bond motifs is 32. The lowest BCUT2D eigenvalue weighted by Crippen LogP contribution is -2.13. The molecule has 0 amide bonds. The Bertz CT molecular complexity index is 5340. The van der Waals surface area contributed by atoms with Crippen molar-refractivity contribution in [2.45, 2.75) is 0 Å². The van der Waals surface area contributed by atoms with Crippen LogP contribution in [0.1, 0.15) is 0 Å². The van der Waals surface area contributed by atoms with E-state index >= 15 is 0 Å². The molecule has 10 aliphatic heterocycles. The molecule has 11 aromatic rings. The standard InChI is InChI=1S/C88H82N8O28/c1-9-101-17-25-109-57-41-73-74(42-58(57)110-26-18-102-10-2-97-1)118-66-34-50-49(33-65(66)117-73)81-89-82(50)94-84-53-37-69-70(122-78-46-62-61(45-77(78)121-69)113-29-21-105-13-5-99-6-14-106-22-30-114-62)38-54(53)86(91-84)96-88-56-40-72-71(123-79-47-63-64(48-80(79)124-72)116-32-24-108-16-8-100-7-15-107-23-31-115-63)39-55(56)87(92-88)95-85-52-36-68-67(35-51(52)83(90-85)93-81)119-75-43-59-60(44-76(75)120-68)112-28-20-104-12-4-98-3-11-103-19-27-111-59/h33-48H,1-32H2,(H2,89,90,91,92,93,94,95,96). The van der Waals surface area contributed by atoms with Gasteiger partial charge in [-0.1, -0.05) is 0 Å². The zero-order chi connectivity index (χ0) is 82.5. The number of hydrogen-bond donors (Lipinski definition) is 2. The second-order valence-corrected chi connectivity index (χ2v) is 28.9. The highest BCUT2D eigenvalue weighted by Gasteiger charge is 2.35. The van der Waals surface area contributed by atoms with Crippen molar-refractivity contribution in [3.8, 4) is 184 Å². The van der Waals surface area contributed by atoms with Crippen LogP contribution < -0.4 is 75.8 Å². The van der Waals surface area contributed by atoms with Crippen molar-refractivity contribution in [2.24, 2.45) is 0 Å². The van der Waals surface area contributed by atoms with Crippen LogP contribution in [0, 0.1) is 0 Å². The summed E-state index contributed by atoms with van der Waals surface area (Å²) < 4.78 is 174. The number of ether oxygens (including phenoxy) is 28. The normalized spacial score (nSPS) is 17.9. The van der Waals surface area contributed by atoms with Crippen molar-refractivity contribution in [1.82, 2.24) is 39.9 Å². The lowest BCUT2D eigenvalue weighted by molar-refractivity contribution is 0.00708. The molecule has 8 bridgehead atoms. The highest BCUT2D eigenvalue weighted by Crippen LogP contribution is 2.58. The number of H-pyrrole nitrogens is 2. The summed E-state index contributed by atoms with van der Waals surface area (Å²) in [6.45, 7) is 10.3. The van der Waals surface area contributed by atoms with Crippen molar-refractivity contribution in [1.29, 1.82) is 0 Å². The molecule has 0 radical (unpaired) electrons. The Balaban J connectivity index is 0.735. The van der Waals surface area contributed by atoms with Crippen molar-refractivity contribution >= 4 is 44.1 Å². The molecule has 0 unspecified atom stereocenters. The third-order valence-corrected chi connectivity index (χ3v) is 20.7. The minimum Gasteiger partial charge on any atom is -0.487 e. The molecule has 2 N–H and O–H groups in total. The molecular weight excluding hydrogens is 1620 g/mol. The monoisotopic (exact) mass is 1700 g/mol. The van der Waals surface area contributed by atoms with Crippen LogP contribution in [-0.4, -0.2) is 251 Å². The fourth-order valence-corrected chi connectivity index (χ4v) is 14.9. The second-order valence-electron chi connectivity index (χ2n) is 28.9. The smallest absolute Gasteiger partial charge is 0.174 e. The van der Waals surface area contributed by atoms with Gasteiger partial charge in [0.1, 0.15) is 75.4 Å². The third-order valence-electron chi connectivity index (χ3n) is 20.7. The van der Waals surface area contributed by atoms with Crippen LogP contribution in [0.2, 0.25) is 0 Å². The summed E-state index contributed by atoms with van der Waals surface area (Å²) in [5.74, 6) is 9.40. The van der Waals surface area contributed by atoms with Gasteiger partial charge in [0.05, 0.1) is 159 Å². The zero-order valence-electron chi connectivity index (χ0n) is 67.0. The van der Waals surface area contributed by atoms with Gasteiger partial charge in [-0.05, 0) is 48.5 Å². The van der Waals surface area contributed by atoms with Crippen LogP contribution in [0.5, 0.6) is 138 Å². The van der Waals surface area contributed by atoms with E-state index in [4.69, 9.17) is 163 Å². The van der Waals surface area contributed by atoms with E-state index < -0.39 is 0 Å². The van der Waals surface area contributed by atoms with E-state index in [0.717, 1.165) is 0 Å². The van der Waals surface area contributed by atoms with Gasteiger partial charge in [0.2, 0.25) is 0 Å². The molecule has 0 atom stereocenters. The summed E-state index contributed by atoms with van der Waals surface area (Å²) in [5.41, 5.74) is 3.19. The van der Waals surface area contributed by atoms with E-state index in [1.807, 2.05) is 48.5 Å². The fraction of sp³-hybridized carbons (Fsp3) is 0.364. The van der Waals surface area contributed by atoms with Gasteiger partial charge in [0, 0.05) is 92.3 Å². The lowest BCUT2D eigenvalue weighted by Gasteiger charge is -2.23. The molecule has 3 aromatic heterocycles. The van der Waals surface area contributed by atoms with Crippen LogP contribution >= 0.6 is 0 Å². The molecule has 36 heteroatoms. The first-order valence-corrected chi connectivity index (χ1v) is 41.1. The average molecular weight is 1700 g/mol. The quantitative estimate of drug-likeness (QED) is 0.142. The van der Waals surface area contributed by atoms with Gasteiger partial charge in [0.15, 0.2) is 161 Å². The van der Waals surface area contributed by atoms with Gasteiger partial charge < -0.3 is 143 Å². The molecule has 0 saturated heterocycles. The first-order chi connectivity index (χ1) is 61.4. The average Bonchev–Trinajstić information content (AvgIpc) is 1.57. The predicted octanol–water partition coefficient (Wildman–Crippen LogP) is 13.7.